The van der Waals surface area contributed by atoms with Gasteiger partial charge in [-0.3, -0.25) is 0 Å². The smallest absolute Gasteiger partial charge is 0.501 e. The van der Waals surface area contributed by atoms with E-state index in [4.69, 9.17) is 10.2 Å². The molecule has 1 rings (SSSR count). The Labute approximate surface area is 110 Å². The lowest BCUT2D eigenvalue weighted by atomic mass is 10.3. The molecule has 0 spiro atoms. The maximum absolute atomic E-state index is 12.4. The van der Waals surface area contributed by atoms with Gasteiger partial charge in [0.2, 0.25) is 8.32 Å². The van der Waals surface area contributed by atoms with E-state index in [2.05, 4.69) is 0 Å². The van der Waals surface area contributed by atoms with Gasteiger partial charge in [-0.25, -0.2) is 8.42 Å². The van der Waals surface area contributed by atoms with Crippen molar-refractivity contribution in [2.45, 2.75) is 30.0 Å². The summed E-state index contributed by atoms with van der Waals surface area (Å²) in [5.41, 5.74) is 0.0556. The third-order valence-corrected chi connectivity index (χ3v) is 4.33. The second kappa shape index (κ2) is 4.71. The van der Waals surface area contributed by atoms with E-state index in [1.165, 1.54) is 0 Å². The van der Waals surface area contributed by atoms with Crippen molar-refractivity contribution in [2.24, 2.45) is 0 Å². The van der Waals surface area contributed by atoms with Crippen LogP contribution in [0.4, 0.5) is 18.9 Å². The standard InChI is InChI=1S/C10H14F3NO3SSi/c1-19(2,3)17-9-5-4-7(6-8(9)14)18(15,16)10(11,12)13/h4-6H,14H2,1-3H3. The molecule has 0 aliphatic carbocycles. The second-order valence-corrected chi connectivity index (χ2v) is 11.2. The molecule has 0 fully saturated rings. The van der Waals surface area contributed by atoms with Crippen molar-refractivity contribution >= 4 is 23.8 Å². The van der Waals surface area contributed by atoms with Crippen molar-refractivity contribution in [3.8, 4) is 5.75 Å². The minimum absolute atomic E-state index is 0.132. The van der Waals surface area contributed by atoms with E-state index in [0.717, 1.165) is 18.2 Å². The third kappa shape index (κ3) is 3.63. The number of hydrogen-bond acceptors (Lipinski definition) is 4. The molecule has 0 saturated heterocycles. The van der Waals surface area contributed by atoms with Crippen LogP contribution in [0, 0.1) is 0 Å². The van der Waals surface area contributed by atoms with Gasteiger partial charge < -0.3 is 10.2 Å². The summed E-state index contributed by atoms with van der Waals surface area (Å²) in [5, 5.41) is 0. The summed E-state index contributed by atoms with van der Waals surface area (Å²) in [6.45, 7) is 5.60. The molecule has 108 valence electrons. The molecule has 0 saturated carbocycles. The zero-order valence-electron chi connectivity index (χ0n) is 10.6. The fourth-order valence-corrected chi connectivity index (χ4v) is 2.89. The highest BCUT2D eigenvalue weighted by Crippen LogP contribution is 2.34. The summed E-state index contributed by atoms with van der Waals surface area (Å²) in [6, 6.07) is 2.75. The molecule has 0 radical (unpaired) electrons. The lowest BCUT2D eigenvalue weighted by Gasteiger charge is -2.21. The molecule has 0 aliphatic rings. The molecule has 0 unspecified atom stereocenters. The van der Waals surface area contributed by atoms with Crippen molar-refractivity contribution in [2.75, 3.05) is 5.73 Å². The van der Waals surface area contributed by atoms with Crippen LogP contribution in [-0.4, -0.2) is 22.2 Å². The molecule has 0 heterocycles. The Morgan fingerprint density at radius 3 is 2.11 bits per heavy atom. The maximum Gasteiger partial charge on any atom is 0.501 e. The molecule has 4 nitrogen and oxygen atoms in total. The van der Waals surface area contributed by atoms with E-state index in [1.54, 1.807) is 0 Å². The summed E-state index contributed by atoms with van der Waals surface area (Å²) in [7, 11) is -7.36. The Balaban J connectivity index is 3.22. The molecule has 0 bridgehead atoms. The van der Waals surface area contributed by atoms with Crippen molar-refractivity contribution < 1.29 is 26.0 Å². The topological polar surface area (TPSA) is 69.4 Å². The van der Waals surface area contributed by atoms with E-state index in [-0.39, 0.29) is 11.4 Å². The minimum atomic E-state index is -5.38. The Bertz CT molecular complexity index is 579. The Kier molecular flexibility index (Phi) is 3.92. The minimum Gasteiger partial charge on any atom is -0.543 e. The summed E-state index contributed by atoms with van der Waals surface area (Å²) in [5.74, 6) is 0.195. The number of anilines is 1. The van der Waals surface area contributed by atoms with Crippen LogP contribution in [0.3, 0.4) is 0 Å². The van der Waals surface area contributed by atoms with Crippen molar-refractivity contribution in [1.82, 2.24) is 0 Å². The molecule has 0 atom stereocenters. The highest BCUT2D eigenvalue weighted by atomic mass is 32.2. The van der Waals surface area contributed by atoms with E-state index < -0.39 is 28.6 Å². The van der Waals surface area contributed by atoms with Gasteiger partial charge in [0.05, 0.1) is 10.6 Å². The molecule has 1 aromatic rings. The lowest BCUT2D eigenvalue weighted by Crippen LogP contribution is -2.29. The van der Waals surface area contributed by atoms with Gasteiger partial charge in [-0.2, -0.15) is 13.2 Å². The average molecular weight is 313 g/mol. The van der Waals surface area contributed by atoms with E-state index in [1.807, 2.05) is 19.6 Å². The van der Waals surface area contributed by atoms with Crippen molar-refractivity contribution in [3.05, 3.63) is 18.2 Å². The van der Waals surface area contributed by atoms with Gasteiger partial charge in [-0.1, -0.05) is 0 Å². The molecular weight excluding hydrogens is 299 g/mol. The second-order valence-electron chi connectivity index (χ2n) is 4.86. The first-order valence-electron chi connectivity index (χ1n) is 5.24. The van der Waals surface area contributed by atoms with Gasteiger partial charge in [0, 0.05) is 0 Å². The molecule has 2 N–H and O–H groups in total. The van der Waals surface area contributed by atoms with Crippen LogP contribution in [0.5, 0.6) is 5.75 Å². The van der Waals surface area contributed by atoms with Gasteiger partial charge in [-0.05, 0) is 37.8 Å². The zero-order chi connectivity index (χ0) is 15.1. The normalized spacial score (nSPS) is 13.4. The number of sulfone groups is 1. The van der Waals surface area contributed by atoms with Crippen LogP contribution in [0.1, 0.15) is 0 Å². The van der Waals surface area contributed by atoms with Crippen LogP contribution in [0.25, 0.3) is 0 Å². The predicted octanol–water partition coefficient (Wildman–Crippen LogP) is 2.78. The Morgan fingerprint density at radius 1 is 1.21 bits per heavy atom. The number of halogens is 3. The lowest BCUT2D eigenvalue weighted by molar-refractivity contribution is -0.0436. The van der Waals surface area contributed by atoms with Crippen molar-refractivity contribution in [1.29, 1.82) is 0 Å². The Morgan fingerprint density at radius 2 is 1.74 bits per heavy atom. The number of nitrogens with two attached hydrogens (primary N) is 1. The summed E-state index contributed by atoms with van der Waals surface area (Å²) < 4.78 is 65.0. The number of rotatable bonds is 3. The van der Waals surface area contributed by atoms with Crippen molar-refractivity contribution in [3.63, 3.8) is 0 Å². The van der Waals surface area contributed by atoms with Crippen LogP contribution in [-0.2, 0) is 9.84 Å². The zero-order valence-corrected chi connectivity index (χ0v) is 12.4. The number of hydrogen-bond donors (Lipinski definition) is 1. The van der Waals surface area contributed by atoms with Gasteiger partial charge in [0.15, 0.2) is 0 Å². The summed E-state index contributed by atoms with van der Waals surface area (Å²) in [4.78, 5) is -0.888. The van der Waals surface area contributed by atoms with Crippen LogP contribution in [0.15, 0.2) is 23.1 Å². The largest absolute Gasteiger partial charge is 0.543 e. The highest BCUT2D eigenvalue weighted by molar-refractivity contribution is 7.92. The molecular formula is C10H14F3NO3SSi. The average Bonchev–Trinajstić information content (AvgIpc) is 2.17. The molecule has 9 heteroatoms. The molecule has 1 aromatic carbocycles. The SMILES string of the molecule is C[Si](C)(C)Oc1ccc(S(=O)(=O)C(F)(F)F)cc1N. The van der Waals surface area contributed by atoms with Gasteiger partial charge >= 0.3 is 5.51 Å². The summed E-state index contributed by atoms with van der Waals surface area (Å²) >= 11 is 0. The van der Waals surface area contributed by atoms with E-state index >= 15 is 0 Å². The fourth-order valence-electron chi connectivity index (χ4n) is 1.25. The number of nitrogen functional groups attached to an aromatic ring is 1. The molecule has 19 heavy (non-hydrogen) atoms. The molecule has 0 aliphatic heterocycles. The molecule has 0 aromatic heterocycles. The van der Waals surface area contributed by atoms with E-state index in [9.17, 15) is 21.6 Å². The first-order valence-corrected chi connectivity index (χ1v) is 10.1. The van der Waals surface area contributed by atoms with Gasteiger partial charge in [-0.15, -0.1) is 0 Å². The maximum atomic E-state index is 12.4. The fraction of sp³-hybridized carbons (Fsp3) is 0.400. The van der Waals surface area contributed by atoms with Crippen LogP contribution < -0.4 is 10.2 Å². The van der Waals surface area contributed by atoms with Crippen LogP contribution in [0.2, 0.25) is 19.6 Å². The van der Waals surface area contributed by atoms with Gasteiger partial charge in [0.1, 0.15) is 5.75 Å². The Hall–Kier alpha value is -1.22. The summed E-state index contributed by atoms with van der Waals surface area (Å²) in [6.07, 6.45) is 0. The quantitative estimate of drug-likeness (QED) is 0.688. The number of alkyl halides is 3. The predicted molar refractivity (Wildman–Crippen MR) is 68.1 cm³/mol. The van der Waals surface area contributed by atoms with E-state index in [0.29, 0.717) is 0 Å². The van der Waals surface area contributed by atoms with Gasteiger partial charge in [0.25, 0.3) is 9.84 Å². The van der Waals surface area contributed by atoms with Crippen LogP contribution >= 0.6 is 0 Å². The first kappa shape index (κ1) is 15.8. The third-order valence-electron chi connectivity index (χ3n) is 2.01. The molecule has 0 amide bonds. The highest BCUT2D eigenvalue weighted by Gasteiger charge is 2.47. The first-order chi connectivity index (χ1) is 8.34. The number of benzene rings is 1. The monoisotopic (exact) mass is 313 g/mol.